The fraction of sp³-hybridized carbons (Fsp3) is 0.833. The van der Waals surface area contributed by atoms with Gasteiger partial charge in [-0.1, -0.05) is 0 Å². The molecule has 25 N–H and O–H groups in total. The molecule has 0 heterocycles. The van der Waals surface area contributed by atoms with E-state index in [4.69, 9.17) is 107 Å². The molecule has 0 aliphatic heterocycles. The minimum Gasteiger partial charge on any atom is -0.550 e. The van der Waals surface area contributed by atoms with Crippen molar-refractivity contribution in [3.63, 3.8) is 0 Å². The van der Waals surface area contributed by atoms with Crippen molar-refractivity contribution < 1.29 is 197 Å². The molecule has 0 aromatic rings. The van der Waals surface area contributed by atoms with Crippen LogP contribution in [0.2, 0.25) is 0 Å². The fourth-order valence-corrected chi connectivity index (χ4v) is 1.65. The molecule has 0 rings (SSSR count). The molecule has 0 fully saturated rings. The van der Waals surface area contributed by atoms with Crippen molar-refractivity contribution >= 4 is 29.8 Å². The maximum absolute atomic E-state index is 8.89. The Morgan fingerprint density at radius 2 is 0.317 bits per heavy atom. The second-order valence-electron chi connectivity index (χ2n) is 9.09. The summed E-state index contributed by atoms with van der Waals surface area (Å²) in [5.41, 5.74) is 51.7. The first kappa shape index (κ1) is 104. The molecule has 340 valence electrons. The second-order valence-corrected chi connectivity index (χ2v) is 9.09. The fourth-order valence-electron chi connectivity index (χ4n) is 1.65. The van der Waals surface area contributed by atoms with Crippen LogP contribution in [0.5, 0.6) is 0 Å². The quantitative estimate of drug-likeness (QED) is 0.0398. The molecule has 0 saturated heterocycles. The molecule has 0 unspecified atom stereocenters. The molecule has 30 heteroatoms. The largest absolute Gasteiger partial charge is 1.00 e. The molecule has 60 heavy (non-hydrogen) atoms. The SMILES string of the molecule is CC(=O)[O-].CC(=O)[O-].CC(=O)[O-].CC(=O)[O-].CC(=O)[O-].NCCNCCN.NCCNCCN.NCCNCCN.NCCNCCN.NCCNCCN.[Na+].[Na+].[Na+].[Na+].[Na+]. The Morgan fingerprint density at radius 3 is 0.350 bits per heavy atom. The first-order valence-corrected chi connectivity index (χ1v) is 17.2. The molecule has 0 bridgehead atoms. The Labute approximate surface area is 470 Å². The van der Waals surface area contributed by atoms with Crippen molar-refractivity contribution in [2.45, 2.75) is 34.6 Å². The average Bonchev–Trinajstić information content (AvgIpc) is 3.06. The predicted molar refractivity (Wildman–Crippen MR) is 208 cm³/mol. The molecule has 0 aromatic carbocycles. The summed E-state index contributed by atoms with van der Waals surface area (Å²) in [5.74, 6) is -5.42. The molecular formula is C30H80N15Na5O10. The minimum absolute atomic E-state index is 0. The normalized spacial score (nSPS) is 7.58. The summed E-state index contributed by atoms with van der Waals surface area (Å²) in [6.45, 7) is 20.5. The van der Waals surface area contributed by atoms with Gasteiger partial charge in [0, 0.05) is 161 Å². The van der Waals surface area contributed by atoms with E-state index < -0.39 is 29.8 Å². The van der Waals surface area contributed by atoms with Crippen molar-refractivity contribution in [1.82, 2.24) is 26.6 Å². The number of nitrogens with two attached hydrogens (primary N) is 10. The van der Waals surface area contributed by atoms with Crippen LogP contribution in [-0.4, -0.2) is 161 Å². The molecule has 0 atom stereocenters. The number of carbonyl (C=O) groups excluding carboxylic acids is 5. The Balaban J connectivity index is -0.0000000289. The molecule has 25 nitrogen and oxygen atoms in total. The van der Waals surface area contributed by atoms with Gasteiger partial charge >= 0.3 is 148 Å². The van der Waals surface area contributed by atoms with Gasteiger partial charge in [-0.3, -0.25) is 0 Å². The van der Waals surface area contributed by atoms with E-state index in [9.17, 15) is 0 Å². The molecule has 0 aliphatic rings. The standard InChI is InChI=1S/5C4H13N3.5C2H4O2.5Na/c5*5-1-3-7-4-2-6;5*1-2(3)4;;;;;/h5*7H,1-6H2;5*1H3,(H,3,4);;;;;/q;;;;;;;;;;5*+1/p-5. The van der Waals surface area contributed by atoms with Crippen LogP contribution in [0.25, 0.3) is 0 Å². The Hall–Kier alpha value is 1.75. The van der Waals surface area contributed by atoms with Crippen LogP contribution in [0.1, 0.15) is 34.6 Å². The third-order valence-electron chi connectivity index (χ3n) is 3.21. The van der Waals surface area contributed by atoms with E-state index in [0.29, 0.717) is 65.4 Å². The number of carboxylic acids is 5. The van der Waals surface area contributed by atoms with E-state index >= 15 is 0 Å². The van der Waals surface area contributed by atoms with Gasteiger partial charge in [-0.2, -0.15) is 0 Å². The summed E-state index contributed by atoms with van der Waals surface area (Å²) >= 11 is 0. The topological polar surface area (TPSA) is 521 Å². The number of hydrogen-bond acceptors (Lipinski definition) is 25. The van der Waals surface area contributed by atoms with Crippen molar-refractivity contribution in [3.05, 3.63) is 0 Å². The Morgan fingerprint density at radius 1 is 0.267 bits per heavy atom. The van der Waals surface area contributed by atoms with Crippen LogP contribution in [0, 0.1) is 0 Å². The molecule has 0 aliphatic carbocycles. The third-order valence-corrected chi connectivity index (χ3v) is 3.21. The van der Waals surface area contributed by atoms with Gasteiger partial charge in [0.05, 0.1) is 0 Å². The van der Waals surface area contributed by atoms with Crippen LogP contribution >= 0.6 is 0 Å². The maximum Gasteiger partial charge on any atom is 1.00 e. The summed E-state index contributed by atoms with van der Waals surface area (Å²) in [6.07, 6.45) is 0. The van der Waals surface area contributed by atoms with Gasteiger partial charge in [0.1, 0.15) is 0 Å². The number of rotatable bonds is 20. The summed E-state index contributed by atoms with van der Waals surface area (Å²) < 4.78 is 0. The first-order chi connectivity index (χ1) is 25.7. The average molecular weight is 926 g/mol. The Kier molecular flexibility index (Phi) is 216. The van der Waals surface area contributed by atoms with E-state index in [0.717, 1.165) is 100 Å². The number of aliphatic carboxylic acids is 5. The number of hydrogen-bond donors (Lipinski definition) is 15. The van der Waals surface area contributed by atoms with Gasteiger partial charge in [-0.15, -0.1) is 0 Å². The number of carbonyl (C=O) groups is 5. The summed E-state index contributed by atoms with van der Waals surface area (Å²) in [4.78, 5) is 44.4. The maximum atomic E-state index is 8.89. The number of carboxylic acid groups (broad SMARTS) is 5. The molecule has 0 amide bonds. The van der Waals surface area contributed by atoms with Gasteiger partial charge < -0.3 is 133 Å². The minimum atomic E-state index is -1.08. The van der Waals surface area contributed by atoms with Crippen LogP contribution in [0.4, 0.5) is 0 Å². The van der Waals surface area contributed by atoms with E-state index in [1.807, 2.05) is 0 Å². The number of nitrogens with one attached hydrogen (secondary N) is 5. The molecule has 0 spiro atoms. The monoisotopic (exact) mass is 926 g/mol. The van der Waals surface area contributed by atoms with Gasteiger partial charge in [0.25, 0.3) is 0 Å². The second kappa shape index (κ2) is 124. The molecule has 0 aromatic heterocycles. The smallest absolute Gasteiger partial charge is 0.550 e. The van der Waals surface area contributed by atoms with Gasteiger partial charge in [0.2, 0.25) is 0 Å². The predicted octanol–water partition coefficient (Wildman–Crippen LogP) is -28.7. The van der Waals surface area contributed by atoms with Crippen LogP contribution in [0.15, 0.2) is 0 Å². The molecule has 0 radical (unpaired) electrons. The zero-order valence-corrected chi connectivity index (χ0v) is 49.0. The van der Waals surface area contributed by atoms with E-state index in [1.54, 1.807) is 0 Å². The van der Waals surface area contributed by atoms with Crippen molar-refractivity contribution in [1.29, 1.82) is 0 Å². The first-order valence-electron chi connectivity index (χ1n) is 17.2. The third kappa shape index (κ3) is 436. The van der Waals surface area contributed by atoms with Crippen molar-refractivity contribution in [2.75, 3.05) is 131 Å². The van der Waals surface area contributed by atoms with Crippen LogP contribution < -0.4 is 257 Å². The van der Waals surface area contributed by atoms with Gasteiger partial charge in [0.15, 0.2) is 0 Å². The van der Waals surface area contributed by atoms with Crippen molar-refractivity contribution in [2.24, 2.45) is 57.3 Å². The van der Waals surface area contributed by atoms with Crippen LogP contribution in [0.3, 0.4) is 0 Å². The summed E-state index contributed by atoms with van der Waals surface area (Å²) in [5, 5.41) is 59.6. The van der Waals surface area contributed by atoms with Crippen molar-refractivity contribution in [3.8, 4) is 0 Å². The van der Waals surface area contributed by atoms with E-state index in [2.05, 4.69) is 26.6 Å². The zero-order valence-electron chi connectivity index (χ0n) is 39.0. The van der Waals surface area contributed by atoms with Crippen LogP contribution in [-0.2, 0) is 24.0 Å². The zero-order chi connectivity index (χ0) is 45.6. The summed E-state index contributed by atoms with van der Waals surface area (Å²) in [7, 11) is 0. The summed E-state index contributed by atoms with van der Waals surface area (Å²) in [6, 6.07) is 0. The van der Waals surface area contributed by atoms with Gasteiger partial charge in [-0.05, 0) is 34.6 Å². The van der Waals surface area contributed by atoms with E-state index in [1.165, 1.54) is 0 Å². The molecule has 0 saturated carbocycles. The molecular weight excluding hydrogens is 845 g/mol. The Bertz CT molecular complexity index is 552. The van der Waals surface area contributed by atoms with Gasteiger partial charge in [-0.25, -0.2) is 0 Å². The van der Waals surface area contributed by atoms with E-state index in [-0.39, 0.29) is 148 Å².